The standard InChI is InChI=1S/C5H13FO3Si.C3H5F3/c1-7-10(8-2,9-3)5-4-6;1-3(5,6)2-4/h4-5H2,1-3H3;2H2,1H3. The van der Waals surface area contributed by atoms with Gasteiger partial charge in [-0.1, -0.05) is 0 Å². The predicted molar refractivity (Wildman–Crippen MR) is 54.2 cm³/mol. The Hall–Kier alpha value is -0.183. The van der Waals surface area contributed by atoms with Crippen LogP contribution in [-0.4, -0.2) is 49.4 Å². The van der Waals surface area contributed by atoms with Crippen molar-refractivity contribution in [2.45, 2.75) is 18.9 Å². The van der Waals surface area contributed by atoms with Crippen LogP contribution in [0.25, 0.3) is 0 Å². The van der Waals surface area contributed by atoms with Crippen LogP contribution in [-0.2, 0) is 13.3 Å². The van der Waals surface area contributed by atoms with Crippen molar-refractivity contribution in [3.8, 4) is 0 Å². The monoisotopic (exact) mass is 266 g/mol. The average molecular weight is 266 g/mol. The molecule has 0 aliphatic rings. The third kappa shape index (κ3) is 9.07. The summed E-state index contributed by atoms with van der Waals surface area (Å²) in [6.45, 7) is -1.50. The summed E-state index contributed by atoms with van der Waals surface area (Å²) >= 11 is 0. The Bertz CT molecular complexity index is 154. The molecular weight excluding hydrogens is 248 g/mol. The van der Waals surface area contributed by atoms with Gasteiger partial charge < -0.3 is 13.3 Å². The molecule has 0 bridgehead atoms. The molecule has 0 saturated heterocycles. The molecule has 0 amide bonds. The molecule has 0 aromatic carbocycles. The lowest BCUT2D eigenvalue weighted by Gasteiger charge is -2.22. The van der Waals surface area contributed by atoms with Crippen molar-refractivity contribution in [2.75, 3.05) is 34.7 Å². The average Bonchev–Trinajstić information content (AvgIpc) is 2.26. The summed E-state index contributed by atoms with van der Waals surface area (Å²) in [6, 6.07) is 0.219. The molecule has 0 spiro atoms. The normalized spacial score (nSPS) is 12.0. The molecule has 0 aliphatic carbocycles. The lowest BCUT2D eigenvalue weighted by atomic mass is 10.4. The highest BCUT2D eigenvalue weighted by atomic mass is 28.4. The topological polar surface area (TPSA) is 27.7 Å². The van der Waals surface area contributed by atoms with E-state index >= 15 is 0 Å². The van der Waals surface area contributed by atoms with Crippen molar-refractivity contribution < 1.29 is 30.8 Å². The molecule has 0 rings (SSSR count). The van der Waals surface area contributed by atoms with E-state index in [0.29, 0.717) is 6.92 Å². The minimum Gasteiger partial charge on any atom is -0.377 e. The predicted octanol–water partition coefficient (Wildman–Crippen LogP) is 2.45. The molecule has 0 fully saturated rings. The Morgan fingerprint density at radius 3 is 1.38 bits per heavy atom. The van der Waals surface area contributed by atoms with Gasteiger partial charge in [0.05, 0.1) is 6.67 Å². The first-order chi connectivity index (χ1) is 7.30. The minimum absolute atomic E-state index is 0.219. The van der Waals surface area contributed by atoms with E-state index in [4.69, 9.17) is 13.3 Å². The fourth-order valence-corrected chi connectivity index (χ4v) is 2.02. The molecule has 0 unspecified atom stereocenters. The molecule has 0 saturated carbocycles. The molecule has 0 aromatic rings. The Labute approximate surface area is 94.1 Å². The van der Waals surface area contributed by atoms with E-state index in [-0.39, 0.29) is 6.04 Å². The molecule has 3 nitrogen and oxygen atoms in total. The fraction of sp³-hybridized carbons (Fsp3) is 1.00. The minimum atomic E-state index is -3.12. The SMILES string of the molecule is CC(F)(F)CF.CO[Si](CCF)(OC)OC. The smallest absolute Gasteiger partial charge is 0.377 e. The maximum Gasteiger partial charge on any atom is 0.502 e. The van der Waals surface area contributed by atoms with Crippen LogP contribution in [0.4, 0.5) is 17.6 Å². The largest absolute Gasteiger partial charge is 0.502 e. The number of alkyl halides is 4. The van der Waals surface area contributed by atoms with Crippen LogP contribution in [0.1, 0.15) is 6.92 Å². The maximum absolute atomic E-state index is 11.8. The first-order valence-electron chi connectivity index (χ1n) is 4.46. The number of hydrogen-bond donors (Lipinski definition) is 0. The lowest BCUT2D eigenvalue weighted by Crippen LogP contribution is -2.43. The van der Waals surface area contributed by atoms with Gasteiger partial charge in [0.1, 0.15) is 0 Å². The van der Waals surface area contributed by atoms with Crippen molar-refractivity contribution in [1.29, 1.82) is 0 Å². The molecule has 0 N–H and O–H groups in total. The summed E-state index contributed by atoms with van der Waals surface area (Å²) < 4.78 is 59.5. The zero-order valence-electron chi connectivity index (χ0n) is 9.86. The summed E-state index contributed by atoms with van der Waals surface area (Å²) in [6.07, 6.45) is 0. The number of rotatable bonds is 6. The van der Waals surface area contributed by atoms with E-state index < -0.39 is 28.1 Å². The number of hydrogen-bond acceptors (Lipinski definition) is 3. The van der Waals surface area contributed by atoms with Crippen LogP contribution in [0.2, 0.25) is 6.04 Å². The van der Waals surface area contributed by atoms with Gasteiger partial charge in [-0.25, -0.2) is 13.2 Å². The van der Waals surface area contributed by atoms with Crippen LogP contribution in [0.5, 0.6) is 0 Å². The Morgan fingerprint density at radius 2 is 1.31 bits per heavy atom. The second-order valence-corrected chi connectivity index (χ2v) is 6.03. The van der Waals surface area contributed by atoms with Crippen LogP contribution >= 0.6 is 0 Å². The van der Waals surface area contributed by atoms with Gasteiger partial charge in [0.15, 0.2) is 6.67 Å². The zero-order valence-corrected chi connectivity index (χ0v) is 10.9. The summed E-state index contributed by atoms with van der Waals surface area (Å²) in [5, 5.41) is 0. The highest BCUT2D eigenvalue weighted by Gasteiger charge is 2.37. The van der Waals surface area contributed by atoms with E-state index in [9.17, 15) is 17.6 Å². The molecule has 0 aliphatic heterocycles. The molecule has 0 heterocycles. The molecule has 16 heavy (non-hydrogen) atoms. The van der Waals surface area contributed by atoms with Crippen molar-refractivity contribution >= 4 is 8.80 Å². The van der Waals surface area contributed by atoms with Crippen molar-refractivity contribution in [2.24, 2.45) is 0 Å². The van der Waals surface area contributed by atoms with Crippen LogP contribution < -0.4 is 0 Å². The molecule has 0 aromatic heterocycles. The third-order valence-corrected chi connectivity index (χ3v) is 4.24. The first-order valence-corrected chi connectivity index (χ1v) is 6.39. The molecular formula is C8H18F4O3Si. The highest BCUT2D eigenvalue weighted by molar-refractivity contribution is 6.60. The Morgan fingerprint density at radius 1 is 1.00 bits per heavy atom. The Kier molecular flexibility index (Phi) is 10.1. The van der Waals surface area contributed by atoms with Gasteiger partial charge in [-0.05, 0) is 0 Å². The quantitative estimate of drug-likeness (QED) is 0.546. The number of halogens is 4. The van der Waals surface area contributed by atoms with E-state index in [1.165, 1.54) is 21.3 Å². The Balaban J connectivity index is 0. The van der Waals surface area contributed by atoms with Gasteiger partial charge in [0.2, 0.25) is 0 Å². The van der Waals surface area contributed by atoms with E-state index in [2.05, 4.69) is 0 Å². The molecule has 0 atom stereocenters. The first kappa shape index (κ1) is 18.2. The van der Waals surface area contributed by atoms with Crippen molar-refractivity contribution in [1.82, 2.24) is 0 Å². The van der Waals surface area contributed by atoms with E-state index in [1.807, 2.05) is 0 Å². The second kappa shape index (κ2) is 8.91. The van der Waals surface area contributed by atoms with E-state index in [0.717, 1.165) is 0 Å². The van der Waals surface area contributed by atoms with Gasteiger partial charge in [0, 0.05) is 34.3 Å². The van der Waals surface area contributed by atoms with Crippen LogP contribution in [0.3, 0.4) is 0 Å². The fourth-order valence-electron chi connectivity index (χ4n) is 0.672. The van der Waals surface area contributed by atoms with Gasteiger partial charge in [-0.15, -0.1) is 0 Å². The van der Waals surface area contributed by atoms with Crippen LogP contribution in [0.15, 0.2) is 0 Å². The summed E-state index contributed by atoms with van der Waals surface area (Å²) in [7, 11) is 1.81. The summed E-state index contributed by atoms with van der Waals surface area (Å²) in [5.74, 6) is -3.12. The van der Waals surface area contributed by atoms with Gasteiger partial charge >= 0.3 is 8.80 Å². The molecule has 100 valence electrons. The second-order valence-electron chi connectivity index (χ2n) is 2.94. The van der Waals surface area contributed by atoms with Gasteiger partial charge in [-0.2, -0.15) is 0 Å². The maximum atomic E-state index is 11.8. The highest BCUT2D eigenvalue weighted by Crippen LogP contribution is 2.11. The molecule has 0 radical (unpaired) electrons. The summed E-state index contributed by atoms with van der Waals surface area (Å²) in [4.78, 5) is 0. The third-order valence-electron chi connectivity index (χ3n) is 1.57. The van der Waals surface area contributed by atoms with Crippen molar-refractivity contribution in [3.05, 3.63) is 0 Å². The van der Waals surface area contributed by atoms with Crippen LogP contribution in [0, 0.1) is 0 Å². The van der Waals surface area contributed by atoms with Crippen molar-refractivity contribution in [3.63, 3.8) is 0 Å². The van der Waals surface area contributed by atoms with Gasteiger partial charge in [-0.3, -0.25) is 4.39 Å². The molecule has 8 heteroatoms. The van der Waals surface area contributed by atoms with Gasteiger partial charge in [0.25, 0.3) is 5.92 Å². The zero-order chi connectivity index (χ0) is 13.2. The lowest BCUT2D eigenvalue weighted by molar-refractivity contribution is -0.00294. The van der Waals surface area contributed by atoms with E-state index in [1.54, 1.807) is 0 Å². The summed E-state index contributed by atoms with van der Waals surface area (Å²) in [5.41, 5.74) is 0.